The van der Waals surface area contributed by atoms with Crippen molar-refractivity contribution < 1.29 is 0 Å². The van der Waals surface area contributed by atoms with E-state index in [2.05, 4.69) is 67.0 Å². The first kappa shape index (κ1) is 14.4. The fourth-order valence-corrected chi connectivity index (χ4v) is 3.98. The molecule has 2 nitrogen and oxygen atoms in total. The van der Waals surface area contributed by atoms with Gasteiger partial charge in [-0.2, -0.15) is 0 Å². The number of nitrogens with zero attached hydrogens (tertiary/aromatic N) is 1. The molecule has 3 rings (SSSR count). The zero-order chi connectivity index (χ0) is 14.7. The van der Waals surface area contributed by atoms with Gasteiger partial charge in [-0.25, -0.2) is 4.98 Å². The highest BCUT2D eigenvalue weighted by atomic mass is 32.1. The Morgan fingerprint density at radius 2 is 1.90 bits per heavy atom. The summed E-state index contributed by atoms with van der Waals surface area (Å²) in [6.07, 6.45) is 0. The summed E-state index contributed by atoms with van der Waals surface area (Å²) in [5.74, 6) is 0. The predicted octanol–water partition coefficient (Wildman–Crippen LogP) is 5.04. The van der Waals surface area contributed by atoms with Gasteiger partial charge >= 0.3 is 0 Å². The van der Waals surface area contributed by atoms with Gasteiger partial charge in [-0.1, -0.05) is 50.2 Å². The molecule has 2 heterocycles. The number of thiazole rings is 1. The summed E-state index contributed by atoms with van der Waals surface area (Å²) in [5.41, 5.74) is 2.39. The second-order valence-electron chi connectivity index (χ2n) is 5.17. The number of benzene rings is 1. The van der Waals surface area contributed by atoms with Crippen molar-refractivity contribution in [3.05, 3.63) is 53.5 Å². The van der Waals surface area contributed by atoms with Crippen molar-refractivity contribution in [1.82, 2.24) is 10.3 Å². The van der Waals surface area contributed by atoms with E-state index >= 15 is 0 Å². The van der Waals surface area contributed by atoms with E-state index in [1.165, 1.54) is 15.3 Å². The third-order valence-corrected chi connectivity index (χ3v) is 5.33. The molecule has 3 aromatic rings. The van der Waals surface area contributed by atoms with Crippen LogP contribution in [0.2, 0.25) is 0 Å². The third kappa shape index (κ3) is 3.40. The van der Waals surface area contributed by atoms with Crippen LogP contribution in [0.5, 0.6) is 0 Å². The minimum Gasteiger partial charge on any atom is -0.309 e. The normalized spacial score (nSPS) is 11.2. The van der Waals surface area contributed by atoms with Gasteiger partial charge in [0.15, 0.2) is 0 Å². The largest absolute Gasteiger partial charge is 0.309 e. The lowest BCUT2D eigenvalue weighted by atomic mass is 10.1. The minimum atomic E-state index is 0.459. The van der Waals surface area contributed by atoms with E-state index in [1.54, 1.807) is 22.7 Å². The monoisotopic (exact) mass is 314 g/mol. The Kier molecular flexibility index (Phi) is 4.48. The molecule has 21 heavy (non-hydrogen) atoms. The van der Waals surface area contributed by atoms with Crippen LogP contribution in [-0.2, 0) is 6.54 Å². The van der Waals surface area contributed by atoms with E-state index in [-0.39, 0.29) is 0 Å². The van der Waals surface area contributed by atoms with Crippen LogP contribution in [0.1, 0.15) is 19.5 Å². The van der Waals surface area contributed by atoms with Gasteiger partial charge in [0.2, 0.25) is 0 Å². The van der Waals surface area contributed by atoms with Crippen molar-refractivity contribution in [3.63, 3.8) is 0 Å². The maximum Gasteiger partial charge on any atom is 0.134 e. The first-order valence-electron chi connectivity index (χ1n) is 7.06. The van der Waals surface area contributed by atoms with Crippen molar-refractivity contribution in [2.45, 2.75) is 26.4 Å². The SMILES string of the molecule is CC(C)NCc1nc(-c2cccs2)sc1-c1ccccc1. The Hall–Kier alpha value is -1.49. The quantitative estimate of drug-likeness (QED) is 0.714. The van der Waals surface area contributed by atoms with Crippen LogP contribution < -0.4 is 5.32 Å². The van der Waals surface area contributed by atoms with E-state index < -0.39 is 0 Å². The Morgan fingerprint density at radius 3 is 2.57 bits per heavy atom. The second kappa shape index (κ2) is 6.52. The molecular formula is C17H18N2S2. The van der Waals surface area contributed by atoms with Crippen LogP contribution in [0.3, 0.4) is 0 Å². The van der Waals surface area contributed by atoms with Crippen LogP contribution in [0.15, 0.2) is 47.8 Å². The molecule has 0 saturated heterocycles. The van der Waals surface area contributed by atoms with Crippen LogP contribution in [-0.4, -0.2) is 11.0 Å². The molecule has 4 heteroatoms. The summed E-state index contributed by atoms with van der Waals surface area (Å²) in [5, 5.41) is 6.70. The minimum absolute atomic E-state index is 0.459. The summed E-state index contributed by atoms with van der Waals surface area (Å²) in [7, 11) is 0. The van der Waals surface area contributed by atoms with Gasteiger partial charge in [-0.05, 0) is 17.0 Å². The average molecular weight is 314 g/mol. The molecule has 1 aromatic carbocycles. The lowest BCUT2D eigenvalue weighted by Crippen LogP contribution is -2.22. The number of thiophene rings is 1. The summed E-state index contributed by atoms with van der Waals surface area (Å²) < 4.78 is 0. The lowest BCUT2D eigenvalue weighted by Gasteiger charge is -2.07. The topological polar surface area (TPSA) is 24.9 Å². The van der Waals surface area contributed by atoms with Gasteiger partial charge in [0.1, 0.15) is 5.01 Å². The summed E-state index contributed by atoms with van der Waals surface area (Å²) in [4.78, 5) is 7.38. The van der Waals surface area contributed by atoms with Gasteiger partial charge in [-0.15, -0.1) is 22.7 Å². The maximum absolute atomic E-state index is 4.87. The smallest absolute Gasteiger partial charge is 0.134 e. The summed E-state index contributed by atoms with van der Waals surface area (Å²) in [6, 6.07) is 15.2. The van der Waals surface area contributed by atoms with Crippen LogP contribution in [0.4, 0.5) is 0 Å². The Labute approximate surface area is 133 Å². The Balaban J connectivity index is 2.00. The van der Waals surface area contributed by atoms with Gasteiger partial charge in [0, 0.05) is 12.6 Å². The third-order valence-electron chi connectivity index (χ3n) is 3.14. The fraction of sp³-hybridized carbons (Fsp3) is 0.235. The standard InChI is InChI=1S/C17H18N2S2/c1-12(2)18-11-14-16(13-7-4-3-5-8-13)21-17(19-14)15-9-6-10-20-15/h3-10,12,18H,11H2,1-2H3. The summed E-state index contributed by atoms with van der Waals surface area (Å²) >= 11 is 3.53. The van der Waals surface area contributed by atoms with E-state index in [4.69, 9.17) is 4.98 Å². The van der Waals surface area contributed by atoms with Crippen molar-refractivity contribution >= 4 is 22.7 Å². The molecule has 0 aliphatic carbocycles. The van der Waals surface area contributed by atoms with Gasteiger partial charge in [-0.3, -0.25) is 0 Å². The zero-order valence-corrected chi connectivity index (χ0v) is 13.8. The van der Waals surface area contributed by atoms with Gasteiger partial charge in [0.25, 0.3) is 0 Å². The molecule has 108 valence electrons. The number of rotatable bonds is 5. The molecule has 0 saturated carbocycles. The fourth-order valence-electron chi connectivity index (χ4n) is 2.09. The Morgan fingerprint density at radius 1 is 1.10 bits per heavy atom. The lowest BCUT2D eigenvalue weighted by molar-refractivity contribution is 0.584. The molecule has 0 atom stereocenters. The average Bonchev–Trinajstić information content (AvgIpc) is 3.15. The second-order valence-corrected chi connectivity index (χ2v) is 7.12. The highest BCUT2D eigenvalue weighted by Crippen LogP contribution is 2.37. The first-order valence-corrected chi connectivity index (χ1v) is 8.76. The summed E-state index contributed by atoms with van der Waals surface area (Å²) in [6.45, 7) is 5.13. The molecule has 0 bridgehead atoms. The number of nitrogens with one attached hydrogen (secondary N) is 1. The van der Waals surface area contributed by atoms with E-state index in [0.717, 1.165) is 17.2 Å². The molecule has 0 radical (unpaired) electrons. The van der Waals surface area contributed by atoms with Crippen molar-refractivity contribution in [1.29, 1.82) is 0 Å². The number of hydrogen-bond donors (Lipinski definition) is 1. The molecule has 0 fully saturated rings. The maximum atomic E-state index is 4.87. The highest BCUT2D eigenvalue weighted by molar-refractivity contribution is 7.23. The molecular weight excluding hydrogens is 296 g/mol. The zero-order valence-electron chi connectivity index (χ0n) is 12.2. The van der Waals surface area contributed by atoms with Gasteiger partial charge < -0.3 is 5.32 Å². The molecule has 0 amide bonds. The molecule has 0 unspecified atom stereocenters. The van der Waals surface area contributed by atoms with Gasteiger partial charge in [0.05, 0.1) is 15.4 Å². The van der Waals surface area contributed by atoms with E-state index in [1.807, 2.05) is 0 Å². The van der Waals surface area contributed by atoms with Crippen LogP contribution in [0, 0.1) is 0 Å². The number of hydrogen-bond acceptors (Lipinski definition) is 4. The molecule has 0 aliphatic heterocycles. The molecule has 2 aromatic heterocycles. The first-order chi connectivity index (χ1) is 10.2. The van der Waals surface area contributed by atoms with Crippen LogP contribution in [0.25, 0.3) is 20.3 Å². The van der Waals surface area contributed by atoms with E-state index in [0.29, 0.717) is 6.04 Å². The van der Waals surface area contributed by atoms with Crippen molar-refractivity contribution in [3.8, 4) is 20.3 Å². The molecule has 0 aliphatic rings. The molecule has 0 spiro atoms. The number of aromatic nitrogens is 1. The van der Waals surface area contributed by atoms with Crippen LogP contribution >= 0.6 is 22.7 Å². The van der Waals surface area contributed by atoms with Crippen molar-refractivity contribution in [2.24, 2.45) is 0 Å². The molecule has 1 N–H and O–H groups in total. The Bertz CT molecular complexity index is 685. The van der Waals surface area contributed by atoms with E-state index in [9.17, 15) is 0 Å². The highest BCUT2D eigenvalue weighted by Gasteiger charge is 2.14. The predicted molar refractivity (Wildman–Crippen MR) is 92.8 cm³/mol. The van der Waals surface area contributed by atoms with Crippen molar-refractivity contribution in [2.75, 3.05) is 0 Å².